The third-order valence-corrected chi connectivity index (χ3v) is 7.30. The van der Waals surface area contributed by atoms with Crippen molar-refractivity contribution in [3.8, 4) is 21.7 Å². The van der Waals surface area contributed by atoms with Crippen molar-refractivity contribution < 1.29 is 33.0 Å². The largest absolute Gasteiger partial charge is 0.477 e. The number of halogens is 3. The maximum atomic E-state index is 13.4. The summed E-state index contributed by atoms with van der Waals surface area (Å²) in [7, 11) is 0. The predicted octanol–water partition coefficient (Wildman–Crippen LogP) is 5.02. The van der Waals surface area contributed by atoms with E-state index in [-0.39, 0.29) is 45.2 Å². The minimum absolute atomic E-state index is 0.0312. The zero-order chi connectivity index (χ0) is 31.0. The van der Waals surface area contributed by atoms with Crippen LogP contribution in [0.3, 0.4) is 0 Å². The third kappa shape index (κ3) is 6.11. The van der Waals surface area contributed by atoms with Gasteiger partial charge >= 0.3 is 18.2 Å². The molecule has 0 radical (unpaired) electrons. The molecule has 42 heavy (non-hydrogen) atoms. The molecule has 4 rings (SSSR count). The molecule has 0 fully saturated rings. The average molecular weight is 605 g/mol. The molecule has 222 valence electrons. The number of fused-ring (bicyclic) bond motifs is 1. The number of carboxylic acids is 1. The first-order valence-corrected chi connectivity index (χ1v) is 13.5. The van der Waals surface area contributed by atoms with Gasteiger partial charge in [0.25, 0.3) is 0 Å². The Balaban J connectivity index is 1.97. The normalized spacial score (nSPS) is 12.8. The average Bonchev–Trinajstić information content (AvgIpc) is 3.40. The SMILES string of the molecule is CCNC(=O)Nc1cc(-c2nc(C(F)(F)F)cs2)c(-c2cnc3c(c2)c(=O)c(C(=O)O)cn3C(CO)C(C)(C)C)cn1. The highest BCUT2D eigenvalue weighted by Gasteiger charge is 2.34. The summed E-state index contributed by atoms with van der Waals surface area (Å²) in [5, 5.41) is 25.7. The number of aromatic carboxylic acids is 1. The number of pyridine rings is 3. The van der Waals surface area contributed by atoms with Gasteiger partial charge < -0.3 is 20.1 Å². The second-order valence-corrected chi connectivity index (χ2v) is 11.2. The lowest BCUT2D eigenvalue weighted by molar-refractivity contribution is -0.140. The molecule has 0 aliphatic heterocycles. The molecule has 0 aliphatic rings. The number of nitrogens with zero attached hydrogens (tertiary/aromatic N) is 4. The Morgan fingerprint density at radius 3 is 2.40 bits per heavy atom. The molecular formula is C27H27F3N6O5S. The molecular weight excluding hydrogens is 577 g/mol. The molecule has 4 heterocycles. The molecule has 15 heteroatoms. The third-order valence-electron chi connectivity index (χ3n) is 6.43. The Morgan fingerprint density at radius 1 is 1.12 bits per heavy atom. The van der Waals surface area contributed by atoms with E-state index in [1.54, 1.807) is 6.92 Å². The lowest BCUT2D eigenvalue weighted by Gasteiger charge is -2.32. The number of nitrogens with one attached hydrogen (secondary N) is 2. The lowest BCUT2D eigenvalue weighted by Crippen LogP contribution is -2.31. The van der Waals surface area contributed by atoms with Crippen molar-refractivity contribution in [1.82, 2.24) is 24.8 Å². The molecule has 1 atom stereocenters. The summed E-state index contributed by atoms with van der Waals surface area (Å²) in [5.74, 6) is -1.44. The second-order valence-electron chi connectivity index (χ2n) is 10.4. The van der Waals surface area contributed by atoms with Crippen LogP contribution in [0, 0.1) is 5.41 Å². The van der Waals surface area contributed by atoms with Gasteiger partial charge in [0.05, 0.1) is 18.0 Å². The van der Waals surface area contributed by atoms with Gasteiger partial charge in [-0.15, -0.1) is 11.3 Å². The van der Waals surface area contributed by atoms with Gasteiger partial charge in [-0.25, -0.2) is 24.5 Å². The number of amides is 2. The van der Waals surface area contributed by atoms with E-state index < -0.39 is 46.3 Å². The van der Waals surface area contributed by atoms with Crippen molar-refractivity contribution in [1.29, 1.82) is 0 Å². The van der Waals surface area contributed by atoms with Crippen LogP contribution in [-0.2, 0) is 6.18 Å². The summed E-state index contributed by atoms with van der Waals surface area (Å²) in [4.78, 5) is 49.7. The summed E-state index contributed by atoms with van der Waals surface area (Å²) >= 11 is 0.722. The molecule has 0 aromatic carbocycles. The first-order chi connectivity index (χ1) is 19.6. The van der Waals surface area contributed by atoms with Gasteiger partial charge in [-0.2, -0.15) is 13.2 Å². The highest BCUT2D eigenvalue weighted by molar-refractivity contribution is 7.13. The second kappa shape index (κ2) is 11.5. The molecule has 4 aromatic heterocycles. The number of thiazole rings is 1. The first-order valence-electron chi connectivity index (χ1n) is 12.6. The quantitative estimate of drug-likeness (QED) is 0.229. The fourth-order valence-electron chi connectivity index (χ4n) is 4.33. The van der Waals surface area contributed by atoms with E-state index in [0.29, 0.717) is 6.54 Å². The van der Waals surface area contributed by atoms with E-state index in [4.69, 9.17) is 0 Å². The Hall–Kier alpha value is -4.37. The van der Waals surface area contributed by atoms with Crippen molar-refractivity contribution in [3.05, 3.63) is 57.6 Å². The monoisotopic (exact) mass is 604 g/mol. The van der Waals surface area contributed by atoms with Crippen LogP contribution in [0.2, 0.25) is 0 Å². The topological polar surface area (TPSA) is 159 Å². The van der Waals surface area contributed by atoms with Crippen LogP contribution in [0.25, 0.3) is 32.7 Å². The fraction of sp³-hybridized carbons (Fsp3) is 0.333. The van der Waals surface area contributed by atoms with Crippen LogP contribution in [0.5, 0.6) is 0 Å². The standard InChI is InChI=1S/C27H27F3N6O5S/c1-5-31-25(41)35-20-7-14(23-34-18(12-42-23)27(28,29)30)16(9-32-20)13-6-15-21(38)17(24(39)40)10-36(22(15)33-8-13)19(11-37)26(2,3)4/h6-10,12,19,37H,5,11H2,1-4H3,(H,39,40)(H2,31,32,35,41). The van der Waals surface area contributed by atoms with E-state index in [1.807, 2.05) is 20.8 Å². The summed E-state index contributed by atoms with van der Waals surface area (Å²) in [6, 6.07) is 1.50. The zero-order valence-electron chi connectivity index (χ0n) is 22.9. The lowest BCUT2D eigenvalue weighted by atomic mass is 9.86. The van der Waals surface area contributed by atoms with Gasteiger partial charge in [0.1, 0.15) is 22.0 Å². The first kappa shape index (κ1) is 30.6. The molecule has 0 saturated heterocycles. The van der Waals surface area contributed by atoms with E-state index in [1.165, 1.54) is 29.1 Å². The number of anilines is 1. The van der Waals surface area contributed by atoms with Gasteiger partial charge in [0.15, 0.2) is 5.69 Å². The molecule has 0 bridgehead atoms. The predicted molar refractivity (Wildman–Crippen MR) is 151 cm³/mol. The van der Waals surface area contributed by atoms with Crippen LogP contribution in [0.4, 0.5) is 23.8 Å². The number of hydrogen-bond donors (Lipinski definition) is 4. The van der Waals surface area contributed by atoms with E-state index in [2.05, 4.69) is 25.6 Å². The zero-order valence-corrected chi connectivity index (χ0v) is 23.7. The minimum atomic E-state index is -4.69. The number of aliphatic hydroxyl groups excluding tert-OH is 1. The van der Waals surface area contributed by atoms with Crippen molar-refractivity contribution >= 4 is 40.2 Å². The van der Waals surface area contributed by atoms with Crippen LogP contribution in [0.15, 0.2) is 40.9 Å². The van der Waals surface area contributed by atoms with E-state index >= 15 is 0 Å². The van der Waals surface area contributed by atoms with Gasteiger partial charge in [-0.05, 0) is 24.5 Å². The number of urea groups is 1. The van der Waals surface area contributed by atoms with E-state index in [0.717, 1.165) is 22.9 Å². The number of alkyl halides is 3. The number of carbonyl (C=O) groups is 2. The molecule has 1 unspecified atom stereocenters. The fourth-order valence-corrected chi connectivity index (χ4v) is 5.19. The number of hydrogen-bond acceptors (Lipinski definition) is 8. The molecule has 0 spiro atoms. The van der Waals surface area contributed by atoms with Crippen molar-refractivity contribution in [2.45, 2.75) is 39.9 Å². The van der Waals surface area contributed by atoms with Gasteiger partial charge in [0.2, 0.25) is 5.43 Å². The maximum Gasteiger partial charge on any atom is 0.434 e. The minimum Gasteiger partial charge on any atom is -0.477 e. The molecule has 0 saturated carbocycles. The summed E-state index contributed by atoms with van der Waals surface area (Å²) < 4.78 is 41.5. The van der Waals surface area contributed by atoms with Gasteiger partial charge in [-0.1, -0.05) is 20.8 Å². The number of aliphatic hydroxyl groups is 1. The van der Waals surface area contributed by atoms with Crippen molar-refractivity contribution in [2.75, 3.05) is 18.5 Å². The number of carboxylic acid groups (broad SMARTS) is 1. The summed E-state index contributed by atoms with van der Waals surface area (Å²) in [6.07, 6.45) is -0.886. The van der Waals surface area contributed by atoms with Gasteiger partial charge in [-0.3, -0.25) is 10.1 Å². The number of rotatable bonds is 7. The molecule has 4 N–H and O–H groups in total. The molecule has 4 aromatic rings. The molecule has 2 amide bonds. The van der Waals surface area contributed by atoms with E-state index in [9.17, 15) is 37.8 Å². The molecule has 0 aliphatic carbocycles. The van der Waals surface area contributed by atoms with Crippen LogP contribution in [-0.4, -0.2) is 54.9 Å². The number of aromatic nitrogens is 4. The summed E-state index contributed by atoms with van der Waals surface area (Å²) in [6.45, 7) is 7.17. The van der Waals surface area contributed by atoms with Crippen LogP contribution in [0.1, 0.15) is 49.8 Å². The Bertz CT molecular complexity index is 1730. The smallest absolute Gasteiger partial charge is 0.434 e. The number of carbonyl (C=O) groups excluding carboxylic acids is 1. The Labute approximate surface area is 241 Å². The Morgan fingerprint density at radius 2 is 1.83 bits per heavy atom. The van der Waals surface area contributed by atoms with Gasteiger partial charge in [0, 0.05) is 47.2 Å². The highest BCUT2D eigenvalue weighted by Crippen LogP contribution is 2.39. The highest BCUT2D eigenvalue weighted by atomic mass is 32.1. The summed E-state index contributed by atoms with van der Waals surface area (Å²) in [5.41, 5.74) is -2.29. The van der Waals surface area contributed by atoms with Crippen LogP contribution >= 0.6 is 11.3 Å². The molecule has 11 nitrogen and oxygen atoms in total. The maximum absolute atomic E-state index is 13.4. The van der Waals surface area contributed by atoms with Crippen LogP contribution < -0.4 is 16.1 Å². The van der Waals surface area contributed by atoms with Crippen molar-refractivity contribution in [3.63, 3.8) is 0 Å². The Kier molecular flexibility index (Phi) is 8.36. The van der Waals surface area contributed by atoms with Crippen molar-refractivity contribution in [2.24, 2.45) is 5.41 Å².